The van der Waals surface area contributed by atoms with E-state index in [0.717, 1.165) is 6.08 Å². The third-order valence-corrected chi connectivity index (χ3v) is 1.90. The molecule has 0 atom stereocenters. The molecule has 1 N–H and O–H groups in total. The van der Waals surface area contributed by atoms with Crippen molar-refractivity contribution in [1.82, 2.24) is 9.80 Å². The van der Waals surface area contributed by atoms with Crippen LogP contribution < -0.4 is 0 Å². The molecule has 0 aromatic heterocycles. The van der Waals surface area contributed by atoms with Crippen LogP contribution in [0.5, 0.6) is 0 Å². The molecule has 0 aromatic rings. The van der Waals surface area contributed by atoms with Crippen molar-refractivity contribution in [1.29, 1.82) is 0 Å². The van der Waals surface area contributed by atoms with Gasteiger partial charge in [-0.25, -0.2) is 0 Å². The van der Waals surface area contributed by atoms with E-state index in [-0.39, 0.29) is 0 Å². The van der Waals surface area contributed by atoms with Gasteiger partial charge in [-0.15, -0.1) is 0 Å². The number of carbonyl (C=O) groups is 2. The standard InChI is InChI=1S/C10H18N2O4/c1-11(2)9(14)7-8(13)10(15)12(3)5-6-16-4/h7,13H,5-6H2,1-4H3. The summed E-state index contributed by atoms with van der Waals surface area (Å²) < 4.78 is 4.79. The Balaban J connectivity index is 4.42. The molecular weight excluding hydrogens is 212 g/mol. The Hall–Kier alpha value is -1.56. The molecule has 0 aliphatic rings. The predicted molar refractivity (Wildman–Crippen MR) is 58.9 cm³/mol. The minimum absolute atomic E-state index is 0.351. The molecule has 0 bridgehead atoms. The number of hydrogen-bond donors (Lipinski definition) is 1. The van der Waals surface area contributed by atoms with E-state index in [2.05, 4.69) is 0 Å². The number of amides is 2. The lowest BCUT2D eigenvalue weighted by atomic mass is 10.3. The first-order valence-corrected chi connectivity index (χ1v) is 4.76. The maximum absolute atomic E-state index is 11.5. The first-order valence-electron chi connectivity index (χ1n) is 4.76. The minimum Gasteiger partial charge on any atom is -0.503 e. The molecule has 0 saturated heterocycles. The molecule has 0 saturated carbocycles. The van der Waals surface area contributed by atoms with E-state index in [1.807, 2.05) is 0 Å². The van der Waals surface area contributed by atoms with E-state index in [4.69, 9.17) is 4.74 Å². The van der Waals surface area contributed by atoms with Crippen LogP contribution in [0.4, 0.5) is 0 Å². The van der Waals surface area contributed by atoms with Gasteiger partial charge in [0.1, 0.15) is 0 Å². The summed E-state index contributed by atoms with van der Waals surface area (Å²) in [5, 5.41) is 9.39. The average molecular weight is 230 g/mol. The van der Waals surface area contributed by atoms with Crippen LogP contribution in [0.25, 0.3) is 0 Å². The van der Waals surface area contributed by atoms with E-state index in [0.29, 0.717) is 13.2 Å². The zero-order chi connectivity index (χ0) is 12.7. The largest absolute Gasteiger partial charge is 0.503 e. The Morgan fingerprint density at radius 2 is 1.88 bits per heavy atom. The third kappa shape index (κ3) is 4.79. The molecule has 0 radical (unpaired) electrons. The second-order valence-corrected chi connectivity index (χ2v) is 3.48. The molecule has 2 amide bonds. The summed E-state index contributed by atoms with van der Waals surface area (Å²) >= 11 is 0. The van der Waals surface area contributed by atoms with Crippen LogP contribution in [0.1, 0.15) is 0 Å². The molecule has 0 fully saturated rings. The van der Waals surface area contributed by atoms with Crippen LogP contribution in [-0.4, -0.2) is 68.1 Å². The highest BCUT2D eigenvalue weighted by Crippen LogP contribution is 1.97. The lowest BCUT2D eigenvalue weighted by Crippen LogP contribution is -2.32. The summed E-state index contributed by atoms with van der Waals surface area (Å²) in [6.07, 6.45) is 0.894. The summed E-state index contributed by atoms with van der Waals surface area (Å²) in [5.41, 5.74) is 0. The highest BCUT2D eigenvalue weighted by molar-refractivity contribution is 5.98. The number of hydrogen-bond acceptors (Lipinski definition) is 4. The van der Waals surface area contributed by atoms with E-state index >= 15 is 0 Å². The van der Waals surface area contributed by atoms with Gasteiger partial charge in [-0.3, -0.25) is 9.59 Å². The Labute approximate surface area is 95.1 Å². The smallest absolute Gasteiger partial charge is 0.288 e. The van der Waals surface area contributed by atoms with Crippen LogP contribution in [0.3, 0.4) is 0 Å². The summed E-state index contributed by atoms with van der Waals surface area (Å²) in [6.45, 7) is 0.723. The minimum atomic E-state index is -0.604. The maximum Gasteiger partial charge on any atom is 0.288 e. The molecule has 0 aliphatic heterocycles. The molecule has 16 heavy (non-hydrogen) atoms. The van der Waals surface area contributed by atoms with Crippen LogP contribution in [0, 0.1) is 0 Å². The molecular formula is C10H18N2O4. The fraction of sp³-hybridized carbons (Fsp3) is 0.600. The van der Waals surface area contributed by atoms with Crippen LogP contribution in [-0.2, 0) is 14.3 Å². The molecule has 6 heteroatoms. The lowest BCUT2D eigenvalue weighted by molar-refractivity contribution is -0.130. The molecule has 0 aromatic carbocycles. The van der Waals surface area contributed by atoms with E-state index in [1.165, 1.54) is 38.1 Å². The number of nitrogens with zero attached hydrogens (tertiary/aromatic N) is 2. The van der Waals surface area contributed by atoms with E-state index in [9.17, 15) is 14.7 Å². The van der Waals surface area contributed by atoms with Crippen molar-refractivity contribution in [2.45, 2.75) is 0 Å². The zero-order valence-corrected chi connectivity index (χ0v) is 10.1. The Morgan fingerprint density at radius 1 is 1.31 bits per heavy atom. The number of ether oxygens (including phenoxy) is 1. The molecule has 0 aliphatic carbocycles. The second-order valence-electron chi connectivity index (χ2n) is 3.48. The molecule has 0 rings (SSSR count). The summed E-state index contributed by atoms with van der Waals surface area (Å²) in [5.74, 6) is -1.62. The van der Waals surface area contributed by atoms with Crippen LogP contribution >= 0.6 is 0 Å². The second kappa shape index (κ2) is 6.84. The van der Waals surface area contributed by atoms with Crippen molar-refractivity contribution in [3.8, 4) is 0 Å². The van der Waals surface area contributed by atoms with Crippen LogP contribution in [0.15, 0.2) is 11.8 Å². The topological polar surface area (TPSA) is 70.1 Å². The van der Waals surface area contributed by atoms with Gasteiger partial charge in [-0.05, 0) is 0 Å². The monoisotopic (exact) mass is 230 g/mol. The highest BCUT2D eigenvalue weighted by atomic mass is 16.5. The quantitative estimate of drug-likeness (QED) is 0.516. The Morgan fingerprint density at radius 3 is 2.31 bits per heavy atom. The Bertz CT molecular complexity index is 287. The summed E-state index contributed by atoms with van der Waals surface area (Å²) in [6, 6.07) is 0. The van der Waals surface area contributed by atoms with Crippen molar-refractivity contribution in [3.63, 3.8) is 0 Å². The van der Waals surface area contributed by atoms with Gasteiger partial charge in [-0.1, -0.05) is 0 Å². The van der Waals surface area contributed by atoms with Gasteiger partial charge in [0, 0.05) is 34.8 Å². The number of likely N-dealkylation sites (N-methyl/N-ethyl adjacent to an activating group) is 2. The van der Waals surface area contributed by atoms with Gasteiger partial charge in [0.05, 0.1) is 12.7 Å². The summed E-state index contributed by atoms with van der Waals surface area (Å²) in [7, 11) is 6.10. The fourth-order valence-electron chi connectivity index (χ4n) is 0.833. The van der Waals surface area contributed by atoms with E-state index < -0.39 is 17.6 Å². The molecule has 0 unspecified atom stereocenters. The van der Waals surface area contributed by atoms with Crippen molar-refractivity contribution >= 4 is 11.8 Å². The third-order valence-electron chi connectivity index (χ3n) is 1.90. The van der Waals surface area contributed by atoms with Crippen molar-refractivity contribution < 1.29 is 19.4 Å². The van der Waals surface area contributed by atoms with Crippen molar-refractivity contribution in [2.75, 3.05) is 41.4 Å². The number of carbonyl (C=O) groups excluding carboxylic acids is 2. The van der Waals surface area contributed by atoms with Gasteiger partial charge in [0.2, 0.25) is 5.91 Å². The van der Waals surface area contributed by atoms with Gasteiger partial charge in [0.15, 0.2) is 5.76 Å². The number of aliphatic hydroxyl groups excluding tert-OH is 1. The van der Waals surface area contributed by atoms with Gasteiger partial charge in [-0.2, -0.15) is 0 Å². The van der Waals surface area contributed by atoms with Gasteiger partial charge < -0.3 is 19.6 Å². The predicted octanol–water partition coefficient (Wildman–Crippen LogP) is -0.379. The van der Waals surface area contributed by atoms with Crippen molar-refractivity contribution in [2.24, 2.45) is 0 Å². The number of rotatable bonds is 5. The first kappa shape index (κ1) is 14.4. The normalized spacial score (nSPS) is 11.1. The first-order chi connectivity index (χ1) is 7.40. The average Bonchev–Trinajstić information content (AvgIpc) is 2.24. The zero-order valence-electron chi connectivity index (χ0n) is 10.1. The number of methoxy groups -OCH3 is 1. The maximum atomic E-state index is 11.5. The van der Waals surface area contributed by atoms with Gasteiger partial charge >= 0.3 is 0 Å². The summed E-state index contributed by atoms with van der Waals surface area (Å²) in [4.78, 5) is 25.2. The molecule has 0 spiro atoms. The van der Waals surface area contributed by atoms with Gasteiger partial charge in [0.25, 0.3) is 5.91 Å². The fourth-order valence-corrected chi connectivity index (χ4v) is 0.833. The molecule has 6 nitrogen and oxygen atoms in total. The molecule has 92 valence electrons. The SMILES string of the molecule is COCCN(C)C(=O)C(O)=CC(=O)N(C)C. The molecule has 0 heterocycles. The number of aliphatic hydroxyl groups is 1. The Kier molecular flexibility index (Phi) is 6.17. The lowest BCUT2D eigenvalue weighted by Gasteiger charge is -2.16. The van der Waals surface area contributed by atoms with Crippen LogP contribution in [0.2, 0.25) is 0 Å². The highest BCUT2D eigenvalue weighted by Gasteiger charge is 2.15. The van der Waals surface area contributed by atoms with E-state index in [1.54, 1.807) is 0 Å². The van der Waals surface area contributed by atoms with Crippen molar-refractivity contribution in [3.05, 3.63) is 11.8 Å².